The minimum atomic E-state index is -0.194. The zero-order valence-electron chi connectivity index (χ0n) is 13.0. The number of piperidine rings is 1. The average Bonchev–Trinajstić information content (AvgIpc) is 2.61. The number of nitrogens with zero attached hydrogens (tertiary/aromatic N) is 3. The molecule has 1 aromatic carbocycles. The third-order valence-electron chi connectivity index (χ3n) is 4.46. The monoisotopic (exact) mass is 341 g/mol. The van der Waals surface area contributed by atoms with Crippen molar-refractivity contribution in [2.75, 3.05) is 13.1 Å². The van der Waals surface area contributed by atoms with Gasteiger partial charge in [-0.25, -0.2) is 4.98 Å². The molecule has 0 N–H and O–H groups in total. The summed E-state index contributed by atoms with van der Waals surface area (Å²) >= 11 is 5.98. The average molecular weight is 342 g/mol. The fourth-order valence-electron chi connectivity index (χ4n) is 3.18. The maximum atomic E-state index is 12.7. The molecule has 0 spiro atoms. The van der Waals surface area contributed by atoms with E-state index in [1.807, 2.05) is 4.90 Å². The van der Waals surface area contributed by atoms with Gasteiger partial charge in [-0.15, -0.1) is 0 Å². The molecule has 1 fully saturated rings. The van der Waals surface area contributed by atoms with Gasteiger partial charge in [0.2, 0.25) is 0 Å². The molecular weight excluding hydrogens is 326 g/mol. The Hall–Kier alpha value is -2.40. The lowest BCUT2D eigenvalue weighted by Crippen LogP contribution is -2.35. The van der Waals surface area contributed by atoms with Crippen molar-refractivity contribution in [2.45, 2.75) is 19.3 Å². The molecule has 0 saturated carbocycles. The van der Waals surface area contributed by atoms with Gasteiger partial charge in [-0.3, -0.25) is 14.0 Å². The first-order valence-electron chi connectivity index (χ1n) is 8.04. The Morgan fingerprint density at radius 2 is 1.88 bits per heavy atom. The van der Waals surface area contributed by atoms with Crippen molar-refractivity contribution in [3.63, 3.8) is 0 Å². The van der Waals surface area contributed by atoms with Gasteiger partial charge in [-0.05, 0) is 49.6 Å². The summed E-state index contributed by atoms with van der Waals surface area (Å²) in [6.07, 6.45) is 4.83. The number of hydrogen-bond acceptors (Lipinski definition) is 3. The number of benzene rings is 1. The molecule has 4 rings (SSSR count). The van der Waals surface area contributed by atoms with E-state index in [1.54, 1.807) is 36.5 Å². The molecule has 6 heteroatoms. The first kappa shape index (κ1) is 15.1. The van der Waals surface area contributed by atoms with Crippen LogP contribution in [-0.2, 0) is 0 Å². The molecule has 0 unspecified atom stereocenters. The number of carbonyl (C=O) groups excluding carboxylic acids is 1. The molecule has 0 radical (unpaired) electrons. The van der Waals surface area contributed by atoms with Gasteiger partial charge in [0.15, 0.2) is 0 Å². The molecule has 24 heavy (non-hydrogen) atoms. The van der Waals surface area contributed by atoms with E-state index in [2.05, 4.69) is 4.98 Å². The van der Waals surface area contributed by atoms with Crippen LogP contribution in [0, 0.1) is 0 Å². The van der Waals surface area contributed by atoms with Crippen LogP contribution in [0.15, 0.2) is 41.3 Å². The zero-order valence-corrected chi connectivity index (χ0v) is 13.8. The van der Waals surface area contributed by atoms with Crippen molar-refractivity contribution >= 4 is 34.1 Å². The van der Waals surface area contributed by atoms with Crippen molar-refractivity contribution in [1.82, 2.24) is 14.3 Å². The van der Waals surface area contributed by atoms with Gasteiger partial charge in [-0.2, -0.15) is 0 Å². The van der Waals surface area contributed by atoms with Crippen LogP contribution in [0.3, 0.4) is 0 Å². The maximum Gasteiger partial charge on any atom is 0.265 e. The highest BCUT2D eigenvalue weighted by Crippen LogP contribution is 2.17. The number of pyridine rings is 1. The number of rotatable bonds is 1. The molecule has 3 heterocycles. The Morgan fingerprint density at radius 3 is 2.67 bits per heavy atom. The lowest BCUT2D eigenvalue weighted by Gasteiger charge is -2.26. The highest BCUT2D eigenvalue weighted by molar-refractivity contribution is 6.31. The van der Waals surface area contributed by atoms with E-state index in [9.17, 15) is 9.59 Å². The van der Waals surface area contributed by atoms with Crippen LogP contribution < -0.4 is 5.56 Å². The molecule has 3 aromatic rings. The topological polar surface area (TPSA) is 54.7 Å². The Bertz CT molecular complexity index is 1010. The summed E-state index contributed by atoms with van der Waals surface area (Å²) in [5.74, 6) is -0.0281. The predicted octanol–water partition coefficient (Wildman–Crippen LogP) is 3.13. The van der Waals surface area contributed by atoms with Gasteiger partial charge in [0.1, 0.15) is 5.65 Å². The Morgan fingerprint density at radius 1 is 1.08 bits per heavy atom. The maximum absolute atomic E-state index is 12.7. The Labute approximate surface area is 143 Å². The fraction of sp³-hybridized carbons (Fsp3) is 0.278. The smallest absolute Gasteiger partial charge is 0.265 e. The Balaban J connectivity index is 1.84. The van der Waals surface area contributed by atoms with Crippen molar-refractivity contribution in [2.24, 2.45) is 0 Å². The number of halogens is 1. The quantitative estimate of drug-likeness (QED) is 0.639. The SMILES string of the molecule is O=C(c1ccc2nc3cc(Cl)ccc3c(=O)n2c1)N1CCCCC1. The van der Waals surface area contributed by atoms with Crippen LogP contribution in [0.5, 0.6) is 0 Å². The summed E-state index contributed by atoms with van der Waals surface area (Å²) in [6.45, 7) is 1.56. The lowest BCUT2D eigenvalue weighted by atomic mass is 10.1. The van der Waals surface area contributed by atoms with Crippen molar-refractivity contribution in [3.05, 3.63) is 57.5 Å². The Kier molecular flexibility index (Phi) is 3.73. The summed E-state index contributed by atoms with van der Waals surface area (Å²) in [7, 11) is 0. The molecule has 1 aliphatic rings. The van der Waals surface area contributed by atoms with Gasteiger partial charge in [0.05, 0.1) is 16.5 Å². The third-order valence-corrected chi connectivity index (χ3v) is 4.70. The number of fused-ring (bicyclic) bond motifs is 2. The molecule has 0 aliphatic carbocycles. The van der Waals surface area contributed by atoms with Crippen LogP contribution in [0.25, 0.3) is 16.6 Å². The minimum absolute atomic E-state index is 0.0281. The molecule has 1 saturated heterocycles. The number of amides is 1. The van der Waals surface area contributed by atoms with Gasteiger partial charge < -0.3 is 4.90 Å². The highest BCUT2D eigenvalue weighted by Gasteiger charge is 2.19. The summed E-state index contributed by atoms with van der Waals surface area (Å²) in [4.78, 5) is 31.7. The van der Waals surface area contributed by atoms with E-state index < -0.39 is 0 Å². The van der Waals surface area contributed by atoms with Crippen LogP contribution in [0.2, 0.25) is 5.02 Å². The van der Waals surface area contributed by atoms with Gasteiger partial charge >= 0.3 is 0 Å². The van der Waals surface area contributed by atoms with Crippen LogP contribution in [0.1, 0.15) is 29.6 Å². The van der Waals surface area contributed by atoms with E-state index >= 15 is 0 Å². The first-order chi connectivity index (χ1) is 11.6. The molecule has 122 valence electrons. The number of hydrogen-bond donors (Lipinski definition) is 0. The standard InChI is InChI=1S/C18H16ClN3O2/c19-13-5-6-14-15(10-13)20-16-7-4-12(11-22(16)18(14)24)17(23)21-8-2-1-3-9-21/h4-7,10-11H,1-3,8-9H2. The molecular formula is C18H16ClN3O2. The second-order valence-electron chi connectivity index (χ2n) is 6.08. The normalized spacial score (nSPS) is 15.1. The molecule has 2 aromatic heterocycles. The van der Waals surface area contributed by atoms with Crippen LogP contribution in [0.4, 0.5) is 0 Å². The lowest BCUT2D eigenvalue weighted by molar-refractivity contribution is 0.0724. The van der Waals surface area contributed by atoms with Crippen molar-refractivity contribution < 1.29 is 4.79 Å². The van der Waals surface area contributed by atoms with Crippen molar-refractivity contribution in [3.8, 4) is 0 Å². The predicted molar refractivity (Wildman–Crippen MR) is 93.7 cm³/mol. The molecule has 5 nitrogen and oxygen atoms in total. The largest absolute Gasteiger partial charge is 0.339 e. The van der Waals surface area contributed by atoms with Crippen LogP contribution >= 0.6 is 11.6 Å². The minimum Gasteiger partial charge on any atom is -0.339 e. The van der Waals surface area contributed by atoms with E-state index in [0.29, 0.717) is 27.1 Å². The second-order valence-corrected chi connectivity index (χ2v) is 6.51. The summed E-state index contributed by atoms with van der Waals surface area (Å²) in [5, 5.41) is 1.02. The molecule has 0 atom stereocenters. The van der Waals surface area contributed by atoms with E-state index in [-0.39, 0.29) is 11.5 Å². The van der Waals surface area contributed by atoms with Crippen LogP contribution in [-0.4, -0.2) is 33.3 Å². The summed E-state index contributed by atoms with van der Waals surface area (Å²) in [6, 6.07) is 8.44. The number of likely N-dealkylation sites (tertiary alicyclic amines) is 1. The van der Waals surface area contributed by atoms with E-state index in [4.69, 9.17) is 11.6 Å². The van der Waals surface area contributed by atoms with Crippen molar-refractivity contribution in [1.29, 1.82) is 0 Å². The highest BCUT2D eigenvalue weighted by atomic mass is 35.5. The third kappa shape index (κ3) is 2.55. The number of carbonyl (C=O) groups is 1. The first-order valence-corrected chi connectivity index (χ1v) is 8.42. The summed E-state index contributed by atoms with van der Waals surface area (Å²) in [5.41, 5.74) is 1.38. The van der Waals surface area contributed by atoms with Gasteiger partial charge in [0.25, 0.3) is 11.5 Å². The van der Waals surface area contributed by atoms with E-state index in [1.165, 1.54) is 10.8 Å². The number of aromatic nitrogens is 2. The fourth-order valence-corrected chi connectivity index (χ4v) is 3.35. The zero-order chi connectivity index (χ0) is 16.7. The van der Waals surface area contributed by atoms with E-state index in [0.717, 1.165) is 25.9 Å². The molecule has 1 amide bonds. The van der Waals surface area contributed by atoms with Gasteiger partial charge in [-0.1, -0.05) is 11.6 Å². The second kappa shape index (κ2) is 5.91. The molecule has 1 aliphatic heterocycles. The molecule has 0 bridgehead atoms. The van der Waals surface area contributed by atoms with Gasteiger partial charge in [0, 0.05) is 24.3 Å². The summed E-state index contributed by atoms with van der Waals surface area (Å²) < 4.78 is 1.44.